The molecule has 0 aliphatic carbocycles. The normalized spacial score (nSPS) is 11.6. The molecule has 0 aliphatic heterocycles. The molecule has 0 radical (unpaired) electrons. The molecule has 1 amide bonds. The molecule has 0 saturated heterocycles. The van der Waals surface area contributed by atoms with Crippen molar-refractivity contribution in [3.8, 4) is 16.9 Å². The van der Waals surface area contributed by atoms with Gasteiger partial charge in [0.1, 0.15) is 11.3 Å². The van der Waals surface area contributed by atoms with Crippen molar-refractivity contribution in [1.29, 1.82) is 0 Å². The number of para-hydroxylation sites is 1. The number of ether oxygens (including phenoxy) is 1. The molecule has 0 spiro atoms. The molecule has 0 aliphatic rings. The van der Waals surface area contributed by atoms with Gasteiger partial charge in [0.2, 0.25) is 0 Å². The maximum Gasteiger partial charge on any atom is 0.342 e. The molecule has 2 aromatic carbocycles. The highest BCUT2D eigenvalue weighted by atomic mass is 16.5. The second-order valence-electron chi connectivity index (χ2n) is 7.32. The molecule has 7 nitrogen and oxygen atoms in total. The van der Waals surface area contributed by atoms with Crippen molar-refractivity contribution in [3.05, 3.63) is 96.4 Å². The van der Waals surface area contributed by atoms with Crippen LogP contribution in [0.25, 0.3) is 16.9 Å². The Bertz CT molecular complexity index is 1240. The largest absolute Gasteiger partial charge is 0.449 e. The number of esters is 1. The van der Waals surface area contributed by atoms with Crippen LogP contribution in [-0.4, -0.2) is 32.7 Å². The summed E-state index contributed by atoms with van der Waals surface area (Å²) in [5.74, 6) is -1.06. The van der Waals surface area contributed by atoms with Gasteiger partial charge in [0.25, 0.3) is 5.91 Å². The van der Waals surface area contributed by atoms with Crippen LogP contribution < -0.4 is 5.32 Å². The number of aryl methyl sites for hydroxylation is 1. The van der Waals surface area contributed by atoms with Gasteiger partial charge in [-0.2, -0.15) is 5.10 Å². The minimum absolute atomic E-state index is 0.247. The summed E-state index contributed by atoms with van der Waals surface area (Å²) in [5.41, 5.74) is 3.80. The van der Waals surface area contributed by atoms with Gasteiger partial charge in [-0.05, 0) is 55.8 Å². The summed E-state index contributed by atoms with van der Waals surface area (Å²) < 4.78 is 7.09. The first-order valence-corrected chi connectivity index (χ1v) is 10.2. The van der Waals surface area contributed by atoms with Crippen molar-refractivity contribution in [2.24, 2.45) is 0 Å². The summed E-state index contributed by atoms with van der Waals surface area (Å²) in [6.45, 7) is 3.47. The molecule has 7 heteroatoms. The molecule has 160 valence electrons. The predicted molar refractivity (Wildman–Crippen MR) is 121 cm³/mol. The topological polar surface area (TPSA) is 86.1 Å². The molecule has 2 heterocycles. The fourth-order valence-electron chi connectivity index (χ4n) is 3.20. The van der Waals surface area contributed by atoms with E-state index in [1.807, 2.05) is 61.5 Å². The Labute approximate surface area is 185 Å². The van der Waals surface area contributed by atoms with E-state index in [-0.39, 0.29) is 5.56 Å². The number of nitrogens with zero attached hydrogens (tertiary/aromatic N) is 3. The van der Waals surface area contributed by atoms with Gasteiger partial charge in [-0.15, -0.1) is 0 Å². The van der Waals surface area contributed by atoms with Gasteiger partial charge in [0, 0.05) is 29.8 Å². The van der Waals surface area contributed by atoms with E-state index in [9.17, 15) is 9.59 Å². The third kappa shape index (κ3) is 4.73. The number of benzene rings is 2. The van der Waals surface area contributed by atoms with Crippen LogP contribution in [0.3, 0.4) is 0 Å². The summed E-state index contributed by atoms with van der Waals surface area (Å²) in [7, 11) is 0. The number of hydrogen-bond acceptors (Lipinski definition) is 5. The molecule has 0 fully saturated rings. The van der Waals surface area contributed by atoms with Crippen LogP contribution in [0.4, 0.5) is 5.69 Å². The summed E-state index contributed by atoms with van der Waals surface area (Å²) >= 11 is 0. The molecular formula is C25H22N4O3. The molecule has 1 unspecified atom stereocenters. The van der Waals surface area contributed by atoms with Crippen molar-refractivity contribution in [2.75, 3.05) is 5.32 Å². The number of carbonyl (C=O) groups excluding carboxylic acids is 2. The van der Waals surface area contributed by atoms with Crippen LogP contribution in [0.1, 0.15) is 22.8 Å². The van der Waals surface area contributed by atoms with Crippen LogP contribution >= 0.6 is 0 Å². The fraction of sp³-hybridized carbons (Fsp3) is 0.120. The average molecular weight is 426 g/mol. The lowest BCUT2D eigenvalue weighted by atomic mass is 10.1. The minimum Gasteiger partial charge on any atom is -0.449 e. The van der Waals surface area contributed by atoms with E-state index in [1.54, 1.807) is 35.4 Å². The first-order chi connectivity index (χ1) is 15.5. The van der Waals surface area contributed by atoms with E-state index < -0.39 is 18.0 Å². The van der Waals surface area contributed by atoms with E-state index in [4.69, 9.17) is 4.74 Å². The zero-order valence-corrected chi connectivity index (χ0v) is 17.7. The minimum atomic E-state index is -0.996. The molecule has 1 N–H and O–H groups in total. The lowest BCUT2D eigenvalue weighted by molar-refractivity contribution is -0.123. The highest BCUT2D eigenvalue weighted by Gasteiger charge is 2.24. The molecule has 2 aromatic heterocycles. The van der Waals surface area contributed by atoms with Gasteiger partial charge in [-0.25, -0.2) is 9.48 Å². The van der Waals surface area contributed by atoms with Crippen LogP contribution in [0, 0.1) is 6.92 Å². The third-order valence-electron chi connectivity index (χ3n) is 4.83. The molecule has 0 saturated carbocycles. The number of rotatable bonds is 6. The summed E-state index contributed by atoms with van der Waals surface area (Å²) in [6.07, 6.45) is 3.88. The van der Waals surface area contributed by atoms with Crippen LogP contribution in [0.5, 0.6) is 0 Å². The van der Waals surface area contributed by atoms with Crippen LogP contribution in [0.2, 0.25) is 0 Å². The average Bonchev–Trinajstić information content (AvgIpc) is 3.26. The number of hydrogen-bond donors (Lipinski definition) is 1. The Morgan fingerprint density at radius 1 is 1.03 bits per heavy atom. The van der Waals surface area contributed by atoms with Crippen molar-refractivity contribution in [3.63, 3.8) is 0 Å². The first kappa shape index (κ1) is 21.0. The van der Waals surface area contributed by atoms with E-state index in [1.165, 1.54) is 6.92 Å². The fourth-order valence-corrected chi connectivity index (χ4v) is 3.20. The molecule has 4 aromatic rings. The van der Waals surface area contributed by atoms with E-state index >= 15 is 0 Å². The van der Waals surface area contributed by atoms with Gasteiger partial charge in [-0.1, -0.05) is 30.3 Å². The second kappa shape index (κ2) is 9.26. The number of carbonyl (C=O) groups is 2. The molecule has 1 atom stereocenters. The zero-order chi connectivity index (χ0) is 22.5. The van der Waals surface area contributed by atoms with Gasteiger partial charge < -0.3 is 10.1 Å². The van der Waals surface area contributed by atoms with Gasteiger partial charge in [0.15, 0.2) is 6.10 Å². The Hall–Kier alpha value is -4.26. The Morgan fingerprint density at radius 3 is 2.56 bits per heavy atom. The van der Waals surface area contributed by atoms with E-state index in [0.717, 1.165) is 11.3 Å². The summed E-state index contributed by atoms with van der Waals surface area (Å²) in [6, 6.07) is 20.4. The van der Waals surface area contributed by atoms with Crippen molar-refractivity contribution < 1.29 is 14.3 Å². The maximum atomic E-state index is 13.0. The van der Waals surface area contributed by atoms with E-state index in [2.05, 4.69) is 15.4 Å². The van der Waals surface area contributed by atoms with E-state index in [0.29, 0.717) is 16.9 Å². The SMILES string of the molecule is Cc1cccc(NC(=O)C(C)OC(=O)c2cn(-c3ccccc3)nc2-c2cccnc2)c1. The Kier molecular flexibility index (Phi) is 6.07. The maximum absolute atomic E-state index is 13.0. The number of aromatic nitrogens is 3. The number of anilines is 1. The predicted octanol–water partition coefficient (Wildman–Crippen LogP) is 4.43. The molecule has 4 rings (SSSR count). The highest BCUT2D eigenvalue weighted by Crippen LogP contribution is 2.24. The van der Waals surface area contributed by atoms with Gasteiger partial charge in [-0.3, -0.25) is 9.78 Å². The molecule has 0 bridgehead atoms. The molecule has 32 heavy (non-hydrogen) atoms. The summed E-state index contributed by atoms with van der Waals surface area (Å²) in [4.78, 5) is 29.7. The van der Waals surface area contributed by atoms with Gasteiger partial charge >= 0.3 is 5.97 Å². The number of nitrogens with one attached hydrogen (secondary N) is 1. The van der Waals surface area contributed by atoms with Crippen molar-refractivity contribution in [2.45, 2.75) is 20.0 Å². The Morgan fingerprint density at radius 2 is 1.84 bits per heavy atom. The van der Waals surface area contributed by atoms with Crippen molar-refractivity contribution in [1.82, 2.24) is 14.8 Å². The van der Waals surface area contributed by atoms with Crippen LogP contribution in [0.15, 0.2) is 85.3 Å². The lowest BCUT2D eigenvalue weighted by Crippen LogP contribution is -2.30. The van der Waals surface area contributed by atoms with Crippen LogP contribution in [-0.2, 0) is 9.53 Å². The first-order valence-electron chi connectivity index (χ1n) is 10.2. The number of amides is 1. The zero-order valence-electron chi connectivity index (χ0n) is 17.7. The quantitative estimate of drug-likeness (QED) is 0.461. The smallest absolute Gasteiger partial charge is 0.342 e. The second-order valence-corrected chi connectivity index (χ2v) is 7.32. The van der Waals surface area contributed by atoms with Gasteiger partial charge in [0.05, 0.1) is 5.69 Å². The standard InChI is InChI=1S/C25H22N4O3/c1-17-8-6-10-20(14-17)27-24(30)18(2)32-25(31)22-16-29(21-11-4-3-5-12-21)28-23(22)19-9-7-13-26-15-19/h3-16,18H,1-2H3,(H,27,30). The summed E-state index contributed by atoms with van der Waals surface area (Å²) in [5, 5.41) is 7.35. The lowest BCUT2D eigenvalue weighted by Gasteiger charge is -2.13. The number of pyridine rings is 1. The molecular weight excluding hydrogens is 404 g/mol. The third-order valence-corrected chi connectivity index (χ3v) is 4.83. The Balaban J connectivity index is 1.58. The van der Waals surface area contributed by atoms with Crippen molar-refractivity contribution >= 4 is 17.6 Å². The monoisotopic (exact) mass is 426 g/mol. The highest BCUT2D eigenvalue weighted by molar-refractivity contribution is 6.00.